The molecule has 0 bridgehead atoms. The van der Waals surface area contributed by atoms with Gasteiger partial charge in [-0.05, 0) is 37.0 Å². The normalized spacial score (nSPS) is 10.7. The Bertz CT molecular complexity index is 880. The van der Waals surface area contributed by atoms with Crippen LogP contribution in [0.2, 0.25) is 0 Å². The number of imidazole rings is 1. The Balaban J connectivity index is 1.67. The Morgan fingerprint density at radius 1 is 1.08 bits per heavy atom. The Morgan fingerprint density at radius 3 is 2.62 bits per heavy atom. The fraction of sp³-hybridized carbons (Fsp3) is 0.211. The van der Waals surface area contributed by atoms with E-state index >= 15 is 0 Å². The summed E-state index contributed by atoms with van der Waals surface area (Å²) in [4.78, 5) is 16.4. The van der Waals surface area contributed by atoms with Crippen LogP contribution in [0.25, 0.3) is 11.1 Å². The van der Waals surface area contributed by atoms with Crippen molar-refractivity contribution >= 4 is 5.69 Å². The van der Waals surface area contributed by atoms with E-state index in [2.05, 4.69) is 15.3 Å². The predicted octanol–water partition coefficient (Wildman–Crippen LogP) is 3.43. The van der Waals surface area contributed by atoms with Gasteiger partial charge in [-0.25, -0.2) is 4.79 Å². The van der Waals surface area contributed by atoms with Gasteiger partial charge in [0.05, 0.1) is 5.69 Å². The number of rotatable bonds is 6. The van der Waals surface area contributed by atoms with E-state index in [1.54, 1.807) is 6.20 Å². The number of nitrogens with one attached hydrogen (secondary N) is 3. The molecule has 0 atom stereocenters. The second-order valence-electron chi connectivity index (χ2n) is 5.82. The van der Waals surface area contributed by atoms with Gasteiger partial charge in [0.1, 0.15) is 5.75 Å². The summed E-state index contributed by atoms with van der Waals surface area (Å²) in [6, 6.07) is 13.7. The smallest absolute Gasteiger partial charge is 0.323 e. The van der Waals surface area contributed by atoms with E-state index in [1.807, 2.05) is 49.4 Å². The monoisotopic (exact) mass is 323 g/mol. The quantitative estimate of drug-likeness (QED) is 0.414. The summed E-state index contributed by atoms with van der Waals surface area (Å²) in [6.45, 7) is 2.74. The van der Waals surface area contributed by atoms with E-state index in [-0.39, 0.29) is 11.4 Å². The largest absolute Gasteiger partial charge is 0.505 e. The molecule has 0 saturated heterocycles. The van der Waals surface area contributed by atoms with Crippen LogP contribution in [0.3, 0.4) is 0 Å². The molecule has 24 heavy (non-hydrogen) atoms. The lowest BCUT2D eigenvalue weighted by Crippen LogP contribution is -2.05. The van der Waals surface area contributed by atoms with Crippen molar-refractivity contribution in [1.82, 2.24) is 9.97 Å². The molecule has 0 aliphatic rings. The van der Waals surface area contributed by atoms with Gasteiger partial charge in [-0.3, -0.25) is 0 Å². The summed E-state index contributed by atoms with van der Waals surface area (Å²) in [6.07, 6.45) is 3.31. The van der Waals surface area contributed by atoms with Crippen LogP contribution in [0, 0.1) is 6.92 Å². The second-order valence-corrected chi connectivity index (χ2v) is 5.82. The number of phenols is 1. The van der Waals surface area contributed by atoms with Crippen molar-refractivity contribution in [3.05, 3.63) is 70.4 Å². The van der Waals surface area contributed by atoms with Gasteiger partial charge in [0.25, 0.3) is 0 Å². The molecule has 0 fully saturated rings. The highest BCUT2D eigenvalue weighted by Gasteiger charge is 2.10. The van der Waals surface area contributed by atoms with Crippen molar-refractivity contribution < 1.29 is 5.11 Å². The van der Waals surface area contributed by atoms with Gasteiger partial charge in [-0.1, -0.05) is 36.4 Å². The third-order valence-electron chi connectivity index (χ3n) is 4.06. The lowest BCUT2D eigenvalue weighted by molar-refractivity contribution is 0.479. The Kier molecular flexibility index (Phi) is 4.70. The van der Waals surface area contributed by atoms with Crippen molar-refractivity contribution in [1.29, 1.82) is 0 Å². The Morgan fingerprint density at radius 2 is 1.88 bits per heavy atom. The number of aromatic nitrogens is 2. The van der Waals surface area contributed by atoms with Gasteiger partial charge in [-0.2, -0.15) is 0 Å². The molecule has 124 valence electrons. The SMILES string of the molecule is Cc1ccccc1-c1cccc(NCCCc2c[nH]c(=O)[nH]2)c1O. The minimum atomic E-state index is -0.179. The summed E-state index contributed by atoms with van der Waals surface area (Å²) in [5, 5.41) is 13.8. The van der Waals surface area contributed by atoms with Crippen LogP contribution in [-0.4, -0.2) is 21.6 Å². The van der Waals surface area contributed by atoms with Crippen molar-refractivity contribution in [2.75, 3.05) is 11.9 Å². The van der Waals surface area contributed by atoms with E-state index < -0.39 is 0 Å². The molecular formula is C19H21N3O2. The number of hydrogen-bond acceptors (Lipinski definition) is 3. The number of aryl methyl sites for hydroxylation is 2. The first kappa shape index (κ1) is 15.9. The number of anilines is 1. The maximum Gasteiger partial charge on any atom is 0.323 e. The van der Waals surface area contributed by atoms with Gasteiger partial charge < -0.3 is 20.4 Å². The maximum atomic E-state index is 11.0. The Labute approximate surface area is 140 Å². The summed E-state index contributed by atoms with van der Waals surface area (Å²) >= 11 is 0. The fourth-order valence-corrected chi connectivity index (χ4v) is 2.79. The first-order valence-electron chi connectivity index (χ1n) is 8.03. The van der Waals surface area contributed by atoms with Crippen LogP contribution in [-0.2, 0) is 6.42 Å². The van der Waals surface area contributed by atoms with Crippen molar-refractivity contribution in [3.63, 3.8) is 0 Å². The minimum Gasteiger partial charge on any atom is -0.505 e. The summed E-state index contributed by atoms with van der Waals surface area (Å²) < 4.78 is 0. The molecule has 0 amide bonds. The molecule has 3 aromatic rings. The van der Waals surface area contributed by atoms with Crippen molar-refractivity contribution in [2.24, 2.45) is 0 Å². The van der Waals surface area contributed by atoms with E-state index in [4.69, 9.17) is 0 Å². The lowest BCUT2D eigenvalue weighted by Gasteiger charge is -2.13. The topological polar surface area (TPSA) is 80.9 Å². The molecule has 0 spiro atoms. The summed E-state index contributed by atoms with van der Waals surface area (Å²) in [5.41, 5.74) is 4.41. The molecule has 2 aromatic carbocycles. The van der Waals surface area contributed by atoms with E-state index in [0.717, 1.165) is 40.9 Å². The first-order valence-corrected chi connectivity index (χ1v) is 8.03. The molecule has 0 radical (unpaired) electrons. The number of aromatic hydroxyl groups is 1. The maximum absolute atomic E-state index is 11.0. The van der Waals surface area contributed by atoms with Crippen LogP contribution in [0.1, 0.15) is 17.7 Å². The molecular weight excluding hydrogens is 302 g/mol. The highest BCUT2D eigenvalue weighted by molar-refractivity contribution is 5.79. The van der Waals surface area contributed by atoms with Gasteiger partial charge >= 0.3 is 5.69 Å². The molecule has 0 aliphatic carbocycles. The average molecular weight is 323 g/mol. The number of hydrogen-bond donors (Lipinski definition) is 4. The van der Waals surface area contributed by atoms with Crippen molar-refractivity contribution in [2.45, 2.75) is 19.8 Å². The number of para-hydroxylation sites is 1. The molecule has 5 nitrogen and oxygen atoms in total. The van der Waals surface area contributed by atoms with E-state index in [0.29, 0.717) is 6.54 Å². The average Bonchev–Trinajstić information content (AvgIpc) is 2.99. The number of benzene rings is 2. The lowest BCUT2D eigenvalue weighted by atomic mass is 9.99. The highest BCUT2D eigenvalue weighted by atomic mass is 16.3. The van der Waals surface area contributed by atoms with Gasteiger partial charge in [0.2, 0.25) is 0 Å². The molecule has 0 aliphatic heterocycles. The standard InChI is InChI=1S/C19H21N3O2/c1-13-6-2-3-8-15(13)16-9-4-10-17(18(16)23)20-11-5-7-14-12-21-19(24)22-14/h2-4,6,8-10,12,20,23H,5,7,11H2,1H3,(H2,21,22,24). The van der Waals surface area contributed by atoms with Gasteiger partial charge in [-0.15, -0.1) is 0 Å². The number of aromatic amines is 2. The van der Waals surface area contributed by atoms with Crippen LogP contribution in [0.5, 0.6) is 5.75 Å². The van der Waals surface area contributed by atoms with Gasteiger partial charge in [0.15, 0.2) is 0 Å². The number of H-pyrrole nitrogens is 2. The molecule has 1 heterocycles. The van der Waals surface area contributed by atoms with Gasteiger partial charge in [0, 0.05) is 24.0 Å². The summed E-state index contributed by atoms with van der Waals surface area (Å²) in [7, 11) is 0. The third kappa shape index (κ3) is 3.51. The van der Waals surface area contributed by atoms with E-state index in [1.165, 1.54) is 0 Å². The van der Waals surface area contributed by atoms with Crippen molar-refractivity contribution in [3.8, 4) is 16.9 Å². The van der Waals surface area contributed by atoms with Crippen LogP contribution < -0.4 is 11.0 Å². The molecule has 5 heteroatoms. The molecule has 1 aromatic heterocycles. The van der Waals surface area contributed by atoms with Crippen LogP contribution in [0.4, 0.5) is 5.69 Å². The molecule has 3 rings (SSSR count). The fourth-order valence-electron chi connectivity index (χ4n) is 2.79. The first-order chi connectivity index (χ1) is 11.6. The minimum absolute atomic E-state index is 0.179. The zero-order valence-corrected chi connectivity index (χ0v) is 13.6. The molecule has 0 saturated carbocycles. The third-order valence-corrected chi connectivity index (χ3v) is 4.06. The van der Waals surface area contributed by atoms with Crippen LogP contribution >= 0.6 is 0 Å². The second kappa shape index (κ2) is 7.08. The molecule has 4 N–H and O–H groups in total. The Hall–Kier alpha value is -2.95. The summed E-state index contributed by atoms with van der Waals surface area (Å²) in [5.74, 6) is 0.266. The zero-order chi connectivity index (χ0) is 16.9. The van der Waals surface area contributed by atoms with Crippen LogP contribution in [0.15, 0.2) is 53.5 Å². The number of phenolic OH excluding ortho intramolecular Hbond substituents is 1. The zero-order valence-electron chi connectivity index (χ0n) is 13.6. The molecule has 0 unspecified atom stereocenters. The van der Waals surface area contributed by atoms with E-state index in [9.17, 15) is 9.90 Å². The predicted molar refractivity (Wildman–Crippen MR) is 96.5 cm³/mol. The highest BCUT2D eigenvalue weighted by Crippen LogP contribution is 2.36.